The molecule has 154 valence electrons. The molecule has 0 saturated heterocycles. The standard InChI is InChI=1S/C18H26N4O4S2/c1-4-15(5-2)22-28(25,26)17-10-11-18(21-13-17)20-12-14-6-8-16(9-7-14)27(23,24)19-3/h6-11,13,15,19,22H,4-5,12H2,1-3H3,(H,20,21). The Morgan fingerprint density at radius 3 is 2.00 bits per heavy atom. The molecule has 1 aromatic carbocycles. The minimum absolute atomic E-state index is 0.0995. The van der Waals surface area contributed by atoms with Crippen molar-refractivity contribution in [2.24, 2.45) is 0 Å². The Hall–Kier alpha value is -2.01. The lowest BCUT2D eigenvalue weighted by Gasteiger charge is -2.15. The van der Waals surface area contributed by atoms with Gasteiger partial charge in [0.25, 0.3) is 0 Å². The molecule has 2 rings (SSSR count). The summed E-state index contributed by atoms with van der Waals surface area (Å²) >= 11 is 0. The van der Waals surface area contributed by atoms with Crippen LogP contribution < -0.4 is 14.8 Å². The van der Waals surface area contributed by atoms with Crippen LogP contribution in [0.15, 0.2) is 52.4 Å². The van der Waals surface area contributed by atoms with Crippen molar-refractivity contribution >= 4 is 25.9 Å². The molecule has 0 aliphatic rings. The molecule has 28 heavy (non-hydrogen) atoms. The first kappa shape index (κ1) is 22.3. The molecule has 0 fully saturated rings. The third-order valence-electron chi connectivity index (χ3n) is 4.33. The van der Waals surface area contributed by atoms with Crippen molar-refractivity contribution < 1.29 is 16.8 Å². The number of sulfonamides is 2. The summed E-state index contributed by atoms with van der Waals surface area (Å²) in [6, 6.07) is 9.46. The van der Waals surface area contributed by atoms with Gasteiger partial charge in [-0.2, -0.15) is 0 Å². The quantitative estimate of drug-likeness (QED) is 0.535. The summed E-state index contributed by atoms with van der Waals surface area (Å²) in [4.78, 5) is 4.46. The average Bonchev–Trinajstić information content (AvgIpc) is 2.71. The van der Waals surface area contributed by atoms with E-state index in [0.717, 1.165) is 18.4 Å². The van der Waals surface area contributed by atoms with Gasteiger partial charge in [-0.15, -0.1) is 0 Å². The second-order valence-electron chi connectivity index (χ2n) is 6.22. The van der Waals surface area contributed by atoms with Crippen LogP contribution >= 0.6 is 0 Å². The van der Waals surface area contributed by atoms with Crippen molar-refractivity contribution in [1.82, 2.24) is 14.4 Å². The van der Waals surface area contributed by atoms with Crippen LogP contribution in [0.4, 0.5) is 5.82 Å². The van der Waals surface area contributed by atoms with Crippen LogP contribution in [0.25, 0.3) is 0 Å². The van der Waals surface area contributed by atoms with Gasteiger partial charge in [0.05, 0.1) is 4.90 Å². The minimum atomic E-state index is -3.59. The van der Waals surface area contributed by atoms with Crippen molar-refractivity contribution in [1.29, 1.82) is 0 Å². The largest absolute Gasteiger partial charge is 0.366 e. The van der Waals surface area contributed by atoms with Crippen molar-refractivity contribution in [2.45, 2.75) is 49.1 Å². The Bertz CT molecular complexity index is 969. The fourth-order valence-electron chi connectivity index (χ4n) is 2.48. The highest BCUT2D eigenvalue weighted by molar-refractivity contribution is 7.89. The second-order valence-corrected chi connectivity index (χ2v) is 9.82. The van der Waals surface area contributed by atoms with Crippen LogP contribution in [-0.2, 0) is 26.6 Å². The summed E-state index contributed by atoms with van der Waals surface area (Å²) < 4.78 is 53.1. The van der Waals surface area contributed by atoms with Crippen LogP contribution in [0.2, 0.25) is 0 Å². The molecular weight excluding hydrogens is 400 g/mol. The Morgan fingerprint density at radius 1 is 0.893 bits per heavy atom. The van der Waals surface area contributed by atoms with Crippen LogP contribution in [0.5, 0.6) is 0 Å². The van der Waals surface area contributed by atoms with Crippen LogP contribution in [0.1, 0.15) is 32.3 Å². The summed E-state index contributed by atoms with van der Waals surface area (Å²) in [7, 11) is -5.69. The second kappa shape index (κ2) is 9.46. The van der Waals surface area contributed by atoms with E-state index in [1.165, 1.54) is 31.4 Å². The molecule has 2 aromatic rings. The number of anilines is 1. The lowest BCUT2D eigenvalue weighted by Crippen LogP contribution is -2.33. The fourth-order valence-corrected chi connectivity index (χ4v) is 4.56. The van der Waals surface area contributed by atoms with Crippen molar-refractivity contribution in [2.75, 3.05) is 12.4 Å². The lowest BCUT2D eigenvalue weighted by atomic mass is 10.2. The van der Waals surface area contributed by atoms with Crippen LogP contribution in [0.3, 0.4) is 0 Å². The SMILES string of the molecule is CCC(CC)NS(=O)(=O)c1ccc(NCc2ccc(S(=O)(=O)NC)cc2)nc1. The highest BCUT2D eigenvalue weighted by Crippen LogP contribution is 2.14. The minimum Gasteiger partial charge on any atom is -0.366 e. The first-order valence-electron chi connectivity index (χ1n) is 8.96. The van der Waals surface area contributed by atoms with Gasteiger partial charge < -0.3 is 5.32 Å². The average molecular weight is 427 g/mol. The van der Waals surface area contributed by atoms with E-state index in [9.17, 15) is 16.8 Å². The molecule has 1 aromatic heterocycles. The first-order chi connectivity index (χ1) is 13.2. The molecule has 0 unspecified atom stereocenters. The van der Waals surface area contributed by atoms with Crippen molar-refractivity contribution in [3.8, 4) is 0 Å². The first-order valence-corrected chi connectivity index (χ1v) is 11.9. The molecule has 0 spiro atoms. The molecule has 3 N–H and O–H groups in total. The molecule has 0 saturated carbocycles. The molecule has 0 bridgehead atoms. The predicted octanol–water partition coefficient (Wildman–Crippen LogP) is 2.07. The maximum absolute atomic E-state index is 12.4. The normalized spacial score (nSPS) is 12.3. The maximum Gasteiger partial charge on any atom is 0.242 e. The van der Waals surface area contributed by atoms with Crippen LogP contribution in [0, 0.1) is 0 Å². The zero-order chi connectivity index (χ0) is 20.8. The molecule has 10 heteroatoms. The number of hydrogen-bond donors (Lipinski definition) is 3. The Balaban J connectivity index is 2.01. The van der Waals surface area contributed by atoms with Gasteiger partial charge in [0.2, 0.25) is 20.0 Å². The third kappa shape index (κ3) is 5.74. The fraction of sp³-hybridized carbons (Fsp3) is 0.389. The molecule has 0 amide bonds. The molecule has 0 atom stereocenters. The van der Waals surface area contributed by atoms with Gasteiger partial charge in [0, 0.05) is 18.8 Å². The number of pyridine rings is 1. The molecule has 0 radical (unpaired) electrons. The van der Waals surface area contributed by atoms with E-state index < -0.39 is 20.0 Å². The number of hydrogen-bond acceptors (Lipinski definition) is 6. The van der Waals surface area contributed by atoms with E-state index in [1.807, 2.05) is 13.8 Å². The van der Waals surface area contributed by atoms with Crippen molar-refractivity contribution in [3.05, 3.63) is 48.2 Å². The topological polar surface area (TPSA) is 117 Å². The molecule has 0 aliphatic heterocycles. The van der Waals surface area contributed by atoms with Gasteiger partial charge in [-0.05, 0) is 49.7 Å². The Labute approximate surface area is 166 Å². The van der Waals surface area contributed by atoms with Gasteiger partial charge in [0.15, 0.2) is 0 Å². The zero-order valence-corrected chi connectivity index (χ0v) is 17.8. The monoisotopic (exact) mass is 426 g/mol. The van der Waals surface area contributed by atoms with E-state index in [-0.39, 0.29) is 15.8 Å². The summed E-state index contributed by atoms with van der Waals surface area (Å²) in [5.74, 6) is 0.522. The van der Waals surface area contributed by atoms with Gasteiger partial charge in [0.1, 0.15) is 10.7 Å². The van der Waals surface area contributed by atoms with Crippen LogP contribution in [-0.4, -0.2) is 34.9 Å². The number of nitrogens with zero attached hydrogens (tertiary/aromatic N) is 1. The van der Waals surface area contributed by atoms with Gasteiger partial charge in [-0.3, -0.25) is 0 Å². The highest BCUT2D eigenvalue weighted by Gasteiger charge is 2.18. The molecule has 8 nitrogen and oxygen atoms in total. The molecule has 1 heterocycles. The van der Waals surface area contributed by atoms with Crippen molar-refractivity contribution in [3.63, 3.8) is 0 Å². The van der Waals surface area contributed by atoms with E-state index in [4.69, 9.17) is 0 Å². The Kier molecular flexibility index (Phi) is 7.53. The summed E-state index contributed by atoms with van der Waals surface area (Å²) in [5, 5.41) is 3.08. The maximum atomic E-state index is 12.4. The van der Waals surface area contributed by atoms with E-state index in [2.05, 4.69) is 19.7 Å². The lowest BCUT2D eigenvalue weighted by molar-refractivity contribution is 0.530. The number of benzene rings is 1. The molecular formula is C18H26N4O4S2. The number of aromatic nitrogens is 1. The summed E-state index contributed by atoms with van der Waals surface area (Å²) in [6.07, 6.45) is 2.75. The predicted molar refractivity (Wildman–Crippen MR) is 109 cm³/mol. The molecule has 0 aliphatic carbocycles. The third-order valence-corrected chi connectivity index (χ3v) is 7.27. The zero-order valence-electron chi connectivity index (χ0n) is 16.1. The van der Waals surface area contributed by atoms with Gasteiger partial charge >= 0.3 is 0 Å². The van der Waals surface area contributed by atoms with Gasteiger partial charge in [-0.1, -0.05) is 26.0 Å². The van der Waals surface area contributed by atoms with Gasteiger partial charge in [-0.25, -0.2) is 31.3 Å². The van der Waals surface area contributed by atoms with E-state index in [1.54, 1.807) is 18.2 Å². The van der Waals surface area contributed by atoms with E-state index >= 15 is 0 Å². The van der Waals surface area contributed by atoms with E-state index in [0.29, 0.717) is 12.4 Å². The number of rotatable bonds is 10. The summed E-state index contributed by atoms with van der Waals surface area (Å²) in [5.41, 5.74) is 0.865. The number of nitrogens with one attached hydrogen (secondary N) is 3. The highest BCUT2D eigenvalue weighted by atomic mass is 32.2. The summed E-state index contributed by atoms with van der Waals surface area (Å²) in [6.45, 7) is 4.29. The smallest absolute Gasteiger partial charge is 0.242 e. The Morgan fingerprint density at radius 2 is 1.50 bits per heavy atom.